The van der Waals surface area contributed by atoms with E-state index in [9.17, 15) is 5.11 Å². The summed E-state index contributed by atoms with van der Waals surface area (Å²) in [6, 6.07) is 8.96. The van der Waals surface area contributed by atoms with E-state index in [4.69, 9.17) is 5.73 Å². The summed E-state index contributed by atoms with van der Waals surface area (Å²) in [7, 11) is 0. The van der Waals surface area contributed by atoms with Gasteiger partial charge in [-0.15, -0.1) is 0 Å². The minimum Gasteiger partial charge on any atom is -0.393 e. The van der Waals surface area contributed by atoms with Gasteiger partial charge in [-0.1, -0.05) is 24.3 Å². The van der Waals surface area contributed by atoms with Crippen molar-refractivity contribution in [2.75, 3.05) is 6.54 Å². The Labute approximate surface area is 103 Å². The highest BCUT2D eigenvalue weighted by molar-refractivity contribution is 5.37. The fraction of sp³-hybridized carbons (Fsp3) is 0.571. The molecular weight excluding hydrogens is 212 g/mol. The van der Waals surface area contributed by atoms with Gasteiger partial charge in [0.25, 0.3) is 0 Å². The third kappa shape index (κ3) is 3.06. The van der Waals surface area contributed by atoms with Crippen molar-refractivity contribution in [3.63, 3.8) is 0 Å². The van der Waals surface area contributed by atoms with E-state index in [1.807, 2.05) is 6.92 Å². The molecule has 1 aromatic rings. The van der Waals surface area contributed by atoms with Crippen molar-refractivity contribution in [2.45, 2.75) is 44.4 Å². The monoisotopic (exact) mass is 234 g/mol. The van der Waals surface area contributed by atoms with E-state index in [2.05, 4.69) is 29.6 Å². The summed E-state index contributed by atoms with van der Waals surface area (Å²) < 4.78 is 0. The Hall–Kier alpha value is -0.900. The molecule has 0 heterocycles. The molecule has 3 heteroatoms. The fourth-order valence-corrected chi connectivity index (χ4v) is 2.54. The van der Waals surface area contributed by atoms with Gasteiger partial charge in [0, 0.05) is 12.1 Å². The Bertz CT molecular complexity index is 365. The van der Waals surface area contributed by atoms with Crippen LogP contribution in [0, 0.1) is 0 Å². The van der Waals surface area contributed by atoms with Crippen LogP contribution < -0.4 is 11.1 Å². The average molecular weight is 234 g/mol. The van der Waals surface area contributed by atoms with E-state index in [1.54, 1.807) is 0 Å². The fourth-order valence-electron chi connectivity index (χ4n) is 2.54. The minimum absolute atomic E-state index is 0.167. The summed E-state index contributed by atoms with van der Waals surface area (Å²) in [5.41, 5.74) is 8.73. The van der Waals surface area contributed by atoms with Gasteiger partial charge in [0.2, 0.25) is 0 Å². The molecule has 0 saturated heterocycles. The molecule has 94 valence electrons. The van der Waals surface area contributed by atoms with E-state index in [-0.39, 0.29) is 12.1 Å². The van der Waals surface area contributed by atoms with Crippen LogP contribution in [-0.4, -0.2) is 17.8 Å². The molecule has 0 aromatic heterocycles. The first-order valence-corrected chi connectivity index (χ1v) is 6.44. The molecule has 0 saturated carbocycles. The smallest absolute Gasteiger partial charge is 0.0512 e. The largest absolute Gasteiger partial charge is 0.393 e. The second-order valence-electron chi connectivity index (χ2n) is 4.97. The van der Waals surface area contributed by atoms with E-state index < -0.39 is 0 Å². The predicted octanol–water partition coefficient (Wildman–Crippen LogP) is 1.88. The Morgan fingerprint density at radius 3 is 2.82 bits per heavy atom. The van der Waals surface area contributed by atoms with Crippen LogP contribution in [0.25, 0.3) is 0 Å². The number of rotatable bonds is 5. The zero-order valence-electron chi connectivity index (χ0n) is 10.4. The molecule has 0 aliphatic heterocycles. The van der Waals surface area contributed by atoms with Crippen LogP contribution in [0.2, 0.25) is 0 Å². The van der Waals surface area contributed by atoms with Gasteiger partial charge in [-0.2, -0.15) is 0 Å². The zero-order chi connectivity index (χ0) is 12.3. The van der Waals surface area contributed by atoms with Gasteiger partial charge in [0.05, 0.1) is 6.10 Å². The van der Waals surface area contributed by atoms with E-state index >= 15 is 0 Å². The summed E-state index contributed by atoms with van der Waals surface area (Å²) in [6.07, 6.45) is 2.64. The predicted molar refractivity (Wildman–Crippen MR) is 69.6 cm³/mol. The number of benzene rings is 1. The quantitative estimate of drug-likeness (QED) is 0.682. The van der Waals surface area contributed by atoms with Crippen LogP contribution in [0.4, 0.5) is 0 Å². The molecule has 4 N–H and O–H groups in total. The topological polar surface area (TPSA) is 58.3 Å². The summed E-state index contributed by atoms with van der Waals surface area (Å²) >= 11 is 0. The molecule has 3 unspecified atom stereocenters. The molecule has 1 aliphatic carbocycles. The maximum absolute atomic E-state index is 9.20. The Morgan fingerprint density at radius 1 is 1.41 bits per heavy atom. The van der Waals surface area contributed by atoms with Gasteiger partial charge in [-0.05, 0) is 43.9 Å². The van der Waals surface area contributed by atoms with Crippen LogP contribution in [0.15, 0.2) is 24.3 Å². The first-order chi connectivity index (χ1) is 8.18. The van der Waals surface area contributed by atoms with Gasteiger partial charge in [0.1, 0.15) is 0 Å². The number of hydrogen-bond acceptors (Lipinski definition) is 3. The molecule has 0 amide bonds. The molecule has 2 rings (SSSR count). The van der Waals surface area contributed by atoms with Crippen LogP contribution >= 0.6 is 0 Å². The lowest BCUT2D eigenvalue weighted by Crippen LogP contribution is -2.22. The van der Waals surface area contributed by atoms with Crippen molar-refractivity contribution in [1.29, 1.82) is 0 Å². The normalized spacial score (nSPS) is 24.6. The molecule has 0 radical (unpaired) electrons. The summed E-state index contributed by atoms with van der Waals surface area (Å²) in [5, 5.41) is 12.7. The zero-order valence-corrected chi connectivity index (χ0v) is 10.4. The third-order valence-corrected chi connectivity index (χ3v) is 3.45. The second-order valence-corrected chi connectivity index (χ2v) is 4.97. The highest BCUT2D eigenvalue weighted by Crippen LogP contribution is 2.36. The van der Waals surface area contributed by atoms with Gasteiger partial charge in [0.15, 0.2) is 0 Å². The summed E-state index contributed by atoms with van der Waals surface area (Å²) in [6.45, 7) is 2.78. The van der Waals surface area contributed by atoms with Crippen molar-refractivity contribution in [3.8, 4) is 0 Å². The number of aliphatic hydroxyl groups excluding tert-OH is 1. The minimum atomic E-state index is -0.199. The Balaban J connectivity index is 1.87. The Morgan fingerprint density at radius 2 is 2.12 bits per heavy atom. The van der Waals surface area contributed by atoms with E-state index in [1.165, 1.54) is 11.1 Å². The van der Waals surface area contributed by atoms with Crippen molar-refractivity contribution in [3.05, 3.63) is 35.4 Å². The van der Waals surface area contributed by atoms with Crippen LogP contribution in [0.5, 0.6) is 0 Å². The Kier molecular flexibility index (Phi) is 4.15. The van der Waals surface area contributed by atoms with Gasteiger partial charge in [-0.3, -0.25) is 0 Å². The molecular formula is C14H22N2O. The number of fused-ring (bicyclic) bond motifs is 1. The van der Waals surface area contributed by atoms with Crippen molar-refractivity contribution in [2.24, 2.45) is 5.73 Å². The van der Waals surface area contributed by atoms with Gasteiger partial charge < -0.3 is 16.2 Å². The molecule has 0 bridgehead atoms. The lowest BCUT2D eigenvalue weighted by atomic mass is 10.1. The molecule has 17 heavy (non-hydrogen) atoms. The molecule has 1 aliphatic rings. The molecule has 1 aromatic carbocycles. The first-order valence-electron chi connectivity index (χ1n) is 6.44. The van der Waals surface area contributed by atoms with Crippen molar-refractivity contribution in [1.82, 2.24) is 5.32 Å². The second kappa shape index (κ2) is 5.63. The number of nitrogens with two attached hydrogens (primary N) is 1. The van der Waals surface area contributed by atoms with Crippen LogP contribution in [0.3, 0.4) is 0 Å². The summed E-state index contributed by atoms with van der Waals surface area (Å²) in [4.78, 5) is 0. The highest BCUT2D eigenvalue weighted by atomic mass is 16.3. The number of aliphatic hydroxyl groups is 1. The maximum Gasteiger partial charge on any atom is 0.0512 e. The van der Waals surface area contributed by atoms with Crippen LogP contribution in [-0.2, 0) is 0 Å². The molecule has 0 fully saturated rings. The van der Waals surface area contributed by atoms with Crippen molar-refractivity contribution < 1.29 is 5.11 Å². The highest BCUT2D eigenvalue weighted by Gasteiger charge is 2.27. The first kappa shape index (κ1) is 12.6. The number of nitrogens with one attached hydrogen (secondary N) is 1. The molecule has 3 atom stereocenters. The van der Waals surface area contributed by atoms with E-state index in [0.717, 1.165) is 25.8 Å². The SMILES string of the molecule is CC(O)CCCNC1CC(N)c2ccccc21. The average Bonchev–Trinajstić information content (AvgIpc) is 2.63. The number of hydrogen-bond donors (Lipinski definition) is 3. The maximum atomic E-state index is 9.20. The lowest BCUT2D eigenvalue weighted by Gasteiger charge is -2.14. The lowest BCUT2D eigenvalue weighted by molar-refractivity contribution is 0.181. The summed E-state index contributed by atoms with van der Waals surface area (Å²) in [5.74, 6) is 0. The van der Waals surface area contributed by atoms with Gasteiger partial charge in [-0.25, -0.2) is 0 Å². The van der Waals surface area contributed by atoms with Crippen molar-refractivity contribution >= 4 is 0 Å². The standard InChI is InChI=1S/C14H22N2O/c1-10(17)5-4-8-16-14-9-13(15)11-6-2-3-7-12(11)14/h2-3,6-7,10,13-14,16-17H,4-5,8-9,15H2,1H3. The van der Waals surface area contributed by atoms with E-state index in [0.29, 0.717) is 6.04 Å². The third-order valence-electron chi connectivity index (χ3n) is 3.45. The van der Waals surface area contributed by atoms with Gasteiger partial charge >= 0.3 is 0 Å². The molecule has 0 spiro atoms. The van der Waals surface area contributed by atoms with Crippen LogP contribution in [0.1, 0.15) is 49.4 Å². The molecule has 3 nitrogen and oxygen atoms in total.